The van der Waals surface area contributed by atoms with Gasteiger partial charge in [-0.15, -0.1) is 11.3 Å². The Kier molecular flexibility index (Phi) is 4.87. The smallest absolute Gasteiger partial charge is 0.341 e. The Bertz CT molecular complexity index is 601. The third-order valence-corrected chi connectivity index (χ3v) is 5.56. The molecule has 126 valence electrons. The summed E-state index contributed by atoms with van der Waals surface area (Å²) >= 11 is 1.37. The zero-order valence-electron chi connectivity index (χ0n) is 13.6. The highest BCUT2D eigenvalue weighted by atomic mass is 32.1. The van der Waals surface area contributed by atoms with E-state index in [1.54, 1.807) is 6.92 Å². The lowest BCUT2D eigenvalue weighted by molar-refractivity contribution is 0.0527. The highest BCUT2D eigenvalue weighted by Crippen LogP contribution is 2.29. The largest absolute Gasteiger partial charge is 0.462 e. The first-order valence-electron chi connectivity index (χ1n) is 8.15. The molecule has 2 aliphatic rings. The summed E-state index contributed by atoms with van der Waals surface area (Å²) in [6, 6.07) is 0.369. The van der Waals surface area contributed by atoms with Gasteiger partial charge in [0.25, 0.3) is 0 Å². The quantitative estimate of drug-likeness (QED) is 0.861. The number of piperazine rings is 1. The van der Waals surface area contributed by atoms with E-state index in [1.807, 2.05) is 17.2 Å². The van der Waals surface area contributed by atoms with E-state index in [1.165, 1.54) is 17.8 Å². The van der Waals surface area contributed by atoms with Gasteiger partial charge in [0.15, 0.2) is 0 Å². The molecule has 2 aliphatic heterocycles. The molecular formula is C16H23N3O3S. The van der Waals surface area contributed by atoms with Gasteiger partial charge in [-0.05, 0) is 44.2 Å². The summed E-state index contributed by atoms with van der Waals surface area (Å²) in [4.78, 5) is 28.9. The minimum absolute atomic E-state index is 0.121. The summed E-state index contributed by atoms with van der Waals surface area (Å²) in [5, 5.41) is 5.36. The Labute approximate surface area is 140 Å². The lowest BCUT2D eigenvalue weighted by Gasteiger charge is -2.37. The molecule has 0 radical (unpaired) electrons. The summed E-state index contributed by atoms with van der Waals surface area (Å²) in [6.45, 7) is 7.55. The van der Waals surface area contributed by atoms with Gasteiger partial charge in [0.1, 0.15) is 5.00 Å². The first-order chi connectivity index (χ1) is 11.1. The van der Waals surface area contributed by atoms with Crippen LogP contribution in [0.2, 0.25) is 0 Å². The average Bonchev–Trinajstić information content (AvgIpc) is 3.13. The molecule has 2 amide bonds. The zero-order chi connectivity index (χ0) is 16.4. The van der Waals surface area contributed by atoms with Gasteiger partial charge < -0.3 is 9.64 Å². The summed E-state index contributed by atoms with van der Waals surface area (Å²) in [5.74, 6) is -0.373. The number of esters is 1. The Balaban J connectivity index is 1.67. The molecule has 2 fully saturated rings. The molecule has 3 heterocycles. The zero-order valence-corrected chi connectivity index (χ0v) is 14.4. The van der Waals surface area contributed by atoms with E-state index in [4.69, 9.17) is 4.74 Å². The van der Waals surface area contributed by atoms with Crippen molar-refractivity contribution in [3.8, 4) is 0 Å². The molecule has 1 atom stereocenters. The molecule has 1 N–H and O–H groups in total. The van der Waals surface area contributed by atoms with Crippen molar-refractivity contribution >= 4 is 28.3 Å². The number of hydrogen-bond donors (Lipinski definition) is 1. The maximum absolute atomic E-state index is 12.5. The number of ether oxygens (including phenoxy) is 1. The van der Waals surface area contributed by atoms with E-state index in [0.717, 1.165) is 38.2 Å². The summed E-state index contributed by atoms with van der Waals surface area (Å²) < 4.78 is 5.09. The van der Waals surface area contributed by atoms with E-state index in [0.29, 0.717) is 23.2 Å². The van der Waals surface area contributed by atoms with Crippen molar-refractivity contribution in [3.05, 3.63) is 16.5 Å². The molecule has 6 nitrogen and oxygen atoms in total. The molecule has 0 aliphatic carbocycles. The molecule has 1 aromatic heterocycles. The SMILES string of the molecule is CCOC(=O)c1c(C)csc1NC(=O)N1CCN2CCCC2C1. The van der Waals surface area contributed by atoms with Gasteiger partial charge in [-0.2, -0.15) is 0 Å². The van der Waals surface area contributed by atoms with Crippen LogP contribution in [0.15, 0.2) is 5.38 Å². The predicted molar refractivity (Wildman–Crippen MR) is 90.2 cm³/mol. The number of fused-ring (bicyclic) bond motifs is 1. The van der Waals surface area contributed by atoms with Crippen molar-refractivity contribution in [3.63, 3.8) is 0 Å². The number of anilines is 1. The van der Waals surface area contributed by atoms with Crippen LogP contribution >= 0.6 is 11.3 Å². The fourth-order valence-electron chi connectivity index (χ4n) is 3.34. The topological polar surface area (TPSA) is 61.9 Å². The van der Waals surface area contributed by atoms with Crippen molar-refractivity contribution in [2.45, 2.75) is 32.7 Å². The number of nitrogens with one attached hydrogen (secondary N) is 1. The van der Waals surface area contributed by atoms with E-state index >= 15 is 0 Å². The second kappa shape index (κ2) is 6.88. The maximum atomic E-state index is 12.5. The molecule has 0 aromatic carbocycles. The van der Waals surface area contributed by atoms with Gasteiger partial charge in [-0.3, -0.25) is 10.2 Å². The third kappa shape index (κ3) is 3.35. The molecule has 3 rings (SSSR count). The maximum Gasteiger partial charge on any atom is 0.341 e. The highest BCUT2D eigenvalue weighted by Gasteiger charge is 2.33. The van der Waals surface area contributed by atoms with Crippen LogP contribution < -0.4 is 5.32 Å². The van der Waals surface area contributed by atoms with Crippen molar-refractivity contribution in [2.75, 3.05) is 38.1 Å². The molecule has 0 saturated carbocycles. The number of aryl methyl sites for hydroxylation is 1. The van der Waals surface area contributed by atoms with Crippen LogP contribution in [0.3, 0.4) is 0 Å². The molecule has 1 unspecified atom stereocenters. The van der Waals surface area contributed by atoms with E-state index in [9.17, 15) is 9.59 Å². The Hall–Kier alpha value is -1.60. The van der Waals surface area contributed by atoms with Crippen LogP contribution in [0.5, 0.6) is 0 Å². The number of amides is 2. The lowest BCUT2D eigenvalue weighted by Crippen LogP contribution is -2.53. The lowest BCUT2D eigenvalue weighted by atomic mass is 10.1. The van der Waals surface area contributed by atoms with Crippen LogP contribution in [-0.2, 0) is 4.74 Å². The number of thiophene rings is 1. The van der Waals surface area contributed by atoms with E-state index in [-0.39, 0.29) is 12.0 Å². The Morgan fingerprint density at radius 2 is 2.22 bits per heavy atom. The summed E-state index contributed by atoms with van der Waals surface area (Å²) in [7, 11) is 0. The third-order valence-electron chi connectivity index (χ3n) is 4.55. The number of urea groups is 1. The van der Waals surface area contributed by atoms with Crippen molar-refractivity contribution in [2.24, 2.45) is 0 Å². The Morgan fingerprint density at radius 1 is 1.39 bits per heavy atom. The minimum Gasteiger partial charge on any atom is -0.462 e. The predicted octanol–water partition coefficient (Wildman–Crippen LogP) is 2.55. The first-order valence-corrected chi connectivity index (χ1v) is 9.03. The average molecular weight is 337 g/mol. The highest BCUT2D eigenvalue weighted by molar-refractivity contribution is 7.15. The van der Waals surface area contributed by atoms with Crippen LogP contribution in [-0.4, -0.2) is 60.6 Å². The van der Waals surface area contributed by atoms with E-state index in [2.05, 4.69) is 10.2 Å². The van der Waals surface area contributed by atoms with Crippen molar-refractivity contribution in [1.29, 1.82) is 0 Å². The molecule has 23 heavy (non-hydrogen) atoms. The second-order valence-electron chi connectivity index (χ2n) is 6.05. The van der Waals surface area contributed by atoms with Crippen LogP contribution in [0, 0.1) is 6.92 Å². The number of carbonyl (C=O) groups is 2. The number of hydrogen-bond acceptors (Lipinski definition) is 5. The van der Waals surface area contributed by atoms with Crippen LogP contribution in [0.25, 0.3) is 0 Å². The molecule has 1 aromatic rings. The van der Waals surface area contributed by atoms with Crippen LogP contribution in [0.4, 0.5) is 9.80 Å². The van der Waals surface area contributed by atoms with Gasteiger partial charge >= 0.3 is 12.0 Å². The van der Waals surface area contributed by atoms with Gasteiger partial charge in [0, 0.05) is 25.7 Å². The van der Waals surface area contributed by atoms with E-state index < -0.39 is 0 Å². The van der Waals surface area contributed by atoms with Crippen molar-refractivity contribution < 1.29 is 14.3 Å². The van der Waals surface area contributed by atoms with Gasteiger partial charge in [0.2, 0.25) is 0 Å². The molecule has 0 spiro atoms. The number of rotatable bonds is 3. The number of nitrogens with zero attached hydrogens (tertiary/aromatic N) is 2. The normalized spacial score (nSPS) is 21.1. The molecule has 2 saturated heterocycles. The van der Waals surface area contributed by atoms with Gasteiger partial charge in [-0.25, -0.2) is 9.59 Å². The monoisotopic (exact) mass is 337 g/mol. The van der Waals surface area contributed by atoms with Gasteiger partial charge in [0.05, 0.1) is 12.2 Å². The van der Waals surface area contributed by atoms with Crippen molar-refractivity contribution in [1.82, 2.24) is 9.80 Å². The first kappa shape index (κ1) is 16.3. The summed E-state index contributed by atoms with van der Waals surface area (Å²) in [5.41, 5.74) is 1.31. The van der Waals surface area contributed by atoms with Crippen LogP contribution in [0.1, 0.15) is 35.7 Å². The molecule has 7 heteroatoms. The summed E-state index contributed by atoms with van der Waals surface area (Å²) in [6.07, 6.45) is 2.38. The minimum atomic E-state index is -0.373. The fourth-order valence-corrected chi connectivity index (χ4v) is 4.27. The van der Waals surface area contributed by atoms with Gasteiger partial charge in [-0.1, -0.05) is 0 Å². The molecular weight excluding hydrogens is 314 g/mol. The standard InChI is InChI=1S/C16H23N3O3S/c1-3-22-15(20)13-11(2)10-23-14(13)17-16(21)19-8-7-18-6-4-5-12(18)9-19/h10,12H,3-9H2,1-2H3,(H,17,21). The fraction of sp³-hybridized carbons (Fsp3) is 0.625. The molecule has 0 bridgehead atoms. The Morgan fingerprint density at radius 3 is 3.00 bits per heavy atom. The number of carbonyl (C=O) groups excluding carboxylic acids is 2. The second-order valence-corrected chi connectivity index (χ2v) is 6.93.